The summed E-state index contributed by atoms with van der Waals surface area (Å²) in [5, 5.41) is 19.9. The molecule has 0 saturated heterocycles. The van der Waals surface area contributed by atoms with Gasteiger partial charge in [-0.2, -0.15) is 0 Å². The largest absolute Gasteiger partial charge is 0.479 e. The monoisotopic (exact) mass is 253 g/mol. The van der Waals surface area contributed by atoms with Crippen molar-refractivity contribution in [3.8, 4) is 0 Å². The van der Waals surface area contributed by atoms with E-state index in [1.807, 2.05) is 6.07 Å². The zero-order chi connectivity index (χ0) is 13.6. The minimum Gasteiger partial charge on any atom is -0.479 e. The number of alkyl carbamates (subject to hydrolysis) is 1. The second-order valence-electron chi connectivity index (χ2n) is 3.98. The number of nitrogens with one attached hydrogen (secondary N) is 1. The molecule has 1 amide bonds. The number of carboxylic acids is 1. The summed E-state index contributed by atoms with van der Waals surface area (Å²) in [5.74, 6) is -1.33. The van der Waals surface area contributed by atoms with Gasteiger partial charge in [0.25, 0.3) is 0 Å². The Morgan fingerprint density at radius 2 is 1.94 bits per heavy atom. The van der Waals surface area contributed by atoms with E-state index in [0.29, 0.717) is 0 Å². The Morgan fingerprint density at radius 3 is 2.44 bits per heavy atom. The molecule has 0 unspecified atom stereocenters. The second kappa shape index (κ2) is 6.02. The maximum Gasteiger partial charge on any atom is 0.408 e. The molecule has 0 aliphatic carbocycles. The molecule has 0 spiro atoms. The van der Waals surface area contributed by atoms with E-state index in [4.69, 9.17) is 14.9 Å². The maximum absolute atomic E-state index is 11.4. The van der Waals surface area contributed by atoms with Crippen LogP contribution in [0.15, 0.2) is 30.3 Å². The normalized spacial score (nSPS) is 13.4. The van der Waals surface area contributed by atoms with Crippen LogP contribution in [0.2, 0.25) is 0 Å². The SMILES string of the molecule is C[C@@](CO)(NC(=O)OCc1ccccc1)C(=O)O. The van der Waals surface area contributed by atoms with Crippen LogP contribution in [0.25, 0.3) is 0 Å². The number of benzene rings is 1. The standard InChI is InChI=1S/C12H15NO5/c1-12(8-14,10(15)16)13-11(17)18-7-9-5-3-2-4-6-9/h2-6,14H,7-8H2,1H3,(H,13,17)(H,15,16)/t12-/m0/s1. The first kappa shape index (κ1) is 14.0. The molecule has 0 aliphatic heterocycles. The molecule has 6 nitrogen and oxygen atoms in total. The molecule has 18 heavy (non-hydrogen) atoms. The summed E-state index contributed by atoms with van der Waals surface area (Å²) in [6.07, 6.45) is -0.891. The Kier molecular flexibility index (Phi) is 4.67. The van der Waals surface area contributed by atoms with E-state index in [0.717, 1.165) is 5.56 Å². The summed E-state index contributed by atoms with van der Waals surface area (Å²) in [7, 11) is 0. The van der Waals surface area contributed by atoms with Gasteiger partial charge in [0.2, 0.25) is 0 Å². The fourth-order valence-electron chi connectivity index (χ4n) is 1.15. The molecule has 1 rings (SSSR count). The number of rotatable bonds is 5. The highest BCUT2D eigenvalue weighted by Crippen LogP contribution is 2.05. The Bertz CT molecular complexity index is 420. The minimum atomic E-state index is -1.74. The van der Waals surface area contributed by atoms with Gasteiger partial charge in [0.05, 0.1) is 6.61 Å². The number of carbonyl (C=O) groups excluding carboxylic acids is 1. The highest BCUT2D eigenvalue weighted by molar-refractivity contribution is 5.84. The van der Waals surface area contributed by atoms with Crippen LogP contribution in [-0.4, -0.2) is 34.4 Å². The van der Waals surface area contributed by atoms with E-state index in [-0.39, 0.29) is 6.61 Å². The number of hydrogen-bond donors (Lipinski definition) is 3. The predicted octanol–water partition coefficient (Wildman–Crippen LogP) is 0.748. The molecule has 0 aliphatic rings. The highest BCUT2D eigenvalue weighted by Gasteiger charge is 2.34. The van der Waals surface area contributed by atoms with Crippen molar-refractivity contribution >= 4 is 12.1 Å². The zero-order valence-corrected chi connectivity index (χ0v) is 9.92. The van der Waals surface area contributed by atoms with Crippen molar-refractivity contribution < 1.29 is 24.5 Å². The fourth-order valence-corrected chi connectivity index (χ4v) is 1.15. The average molecular weight is 253 g/mol. The van der Waals surface area contributed by atoms with Crippen LogP contribution in [-0.2, 0) is 16.1 Å². The summed E-state index contributed by atoms with van der Waals surface area (Å²) in [6.45, 7) is 0.510. The van der Waals surface area contributed by atoms with Gasteiger partial charge in [0.15, 0.2) is 5.54 Å². The van der Waals surface area contributed by atoms with Gasteiger partial charge in [-0.3, -0.25) is 0 Å². The molecule has 0 saturated carbocycles. The molecule has 1 aromatic rings. The van der Waals surface area contributed by atoms with E-state index in [2.05, 4.69) is 5.32 Å². The molecule has 98 valence electrons. The number of hydrogen-bond acceptors (Lipinski definition) is 4. The maximum atomic E-state index is 11.4. The molecule has 0 radical (unpaired) electrons. The summed E-state index contributed by atoms with van der Waals surface area (Å²) < 4.78 is 4.85. The van der Waals surface area contributed by atoms with Crippen LogP contribution in [0.4, 0.5) is 4.79 Å². The lowest BCUT2D eigenvalue weighted by atomic mass is 10.1. The van der Waals surface area contributed by atoms with Gasteiger partial charge in [0.1, 0.15) is 6.61 Å². The van der Waals surface area contributed by atoms with Crippen LogP contribution in [0.5, 0.6) is 0 Å². The minimum absolute atomic E-state index is 0.0355. The first-order chi connectivity index (χ1) is 8.48. The van der Waals surface area contributed by atoms with Gasteiger partial charge < -0.3 is 20.3 Å². The molecule has 0 fully saturated rings. The predicted molar refractivity (Wildman–Crippen MR) is 62.9 cm³/mol. The molecule has 6 heteroatoms. The number of aliphatic carboxylic acids is 1. The Hall–Kier alpha value is -2.08. The van der Waals surface area contributed by atoms with E-state index in [1.165, 1.54) is 6.92 Å². The first-order valence-corrected chi connectivity index (χ1v) is 5.31. The van der Waals surface area contributed by atoms with Crippen LogP contribution < -0.4 is 5.32 Å². The van der Waals surface area contributed by atoms with E-state index in [1.54, 1.807) is 24.3 Å². The third kappa shape index (κ3) is 3.74. The molecule has 0 heterocycles. The number of aliphatic hydroxyl groups excluding tert-OH is 1. The summed E-state index contributed by atoms with van der Waals surface area (Å²) in [4.78, 5) is 22.2. The molecule has 1 aromatic carbocycles. The highest BCUT2D eigenvalue weighted by atomic mass is 16.5. The van der Waals surface area contributed by atoms with Gasteiger partial charge in [-0.05, 0) is 12.5 Å². The van der Waals surface area contributed by atoms with Crippen molar-refractivity contribution in [1.29, 1.82) is 0 Å². The molecule has 1 atom stereocenters. The van der Waals surface area contributed by atoms with Gasteiger partial charge >= 0.3 is 12.1 Å². The van der Waals surface area contributed by atoms with Gasteiger partial charge in [-0.15, -0.1) is 0 Å². The van der Waals surface area contributed by atoms with Crippen molar-refractivity contribution in [1.82, 2.24) is 5.32 Å². The Labute approximate surface area is 104 Å². The summed E-state index contributed by atoms with van der Waals surface area (Å²) >= 11 is 0. The fraction of sp³-hybridized carbons (Fsp3) is 0.333. The topological polar surface area (TPSA) is 95.9 Å². The number of carbonyl (C=O) groups is 2. The lowest BCUT2D eigenvalue weighted by Crippen LogP contribution is -2.55. The quantitative estimate of drug-likeness (QED) is 0.719. The van der Waals surface area contributed by atoms with Crippen LogP contribution in [0.3, 0.4) is 0 Å². The third-order valence-electron chi connectivity index (χ3n) is 2.38. The smallest absolute Gasteiger partial charge is 0.408 e. The molecular formula is C12H15NO5. The second-order valence-corrected chi connectivity index (χ2v) is 3.98. The Balaban J connectivity index is 2.49. The summed E-state index contributed by atoms with van der Waals surface area (Å²) in [5.41, 5.74) is -0.956. The van der Waals surface area contributed by atoms with Gasteiger partial charge in [0, 0.05) is 0 Å². The van der Waals surface area contributed by atoms with E-state index < -0.39 is 24.2 Å². The molecular weight excluding hydrogens is 238 g/mol. The van der Waals surface area contributed by atoms with Gasteiger partial charge in [-0.25, -0.2) is 9.59 Å². The molecule has 0 bridgehead atoms. The van der Waals surface area contributed by atoms with Crippen molar-refractivity contribution in [3.05, 3.63) is 35.9 Å². The van der Waals surface area contributed by atoms with Crippen LogP contribution in [0.1, 0.15) is 12.5 Å². The molecule has 3 N–H and O–H groups in total. The van der Waals surface area contributed by atoms with E-state index in [9.17, 15) is 9.59 Å². The number of aliphatic hydroxyl groups is 1. The van der Waals surface area contributed by atoms with E-state index >= 15 is 0 Å². The van der Waals surface area contributed by atoms with Crippen molar-refractivity contribution in [2.24, 2.45) is 0 Å². The van der Waals surface area contributed by atoms with Crippen molar-refractivity contribution in [2.45, 2.75) is 19.1 Å². The third-order valence-corrected chi connectivity index (χ3v) is 2.38. The van der Waals surface area contributed by atoms with Crippen LogP contribution in [0, 0.1) is 0 Å². The lowest BCUT2D eigenvalue weighted by Gasteiger charge is -2.23. The number of ether oxygens (including phenoxy) is 1. The molecule has 0 aromatic heterocycles. The van der Waals surface area contributed by atoms with Crippen LogP contribution >= 0.6 is 0 Å². The van der Waals surface area contributed by atoms with Crippen molar-refractivity contribution in [2.75, 3.05) is 6.61 Å². The van der Waals surface area contributed by atoms with Crippen molar-refractivity contribution in [3.63, 3.8) is 0 Å². The lowest BCUT2D eigenvalue weighted by molar-refractivity contribution is -0.145. The average Bonchev–Trinajstić information content (AvgIpc) is 2.37. The first-order valence-electron chi connectivity index (χ1n) is 5.31. The zero-order valence-electron chi connectivity index (χ0n) is 9.92. The summed E-state index contributed by atoms with van der Waals surface area (Å²) in [6, 6.07) is 8.97. The van der Waals surface area contributed by atoms with Gasteiger partial charge in [-0.1, -0.05) is 30.3 Å². The number of amides is 1. The number of carboxylic acid groups (broad SMARTS) is 1. The Morgan fingerprint density at radius 1 is 1.33 bits per heavy atom.